The normalized spacial score (nSPS) is 11.4. The topological polar surface area (TPSA) is 61.4 Å². The second-order valence-corrected chi connectivity index (χ2v) is 8.75. The summed E-state index contributed by atoms with van der Waals surface area (Å²) >= 11 is 5.34. The molecule has 0 saturated carbocycles. The predicted octanol–water partition coefficient (Wildman–Crippen LogP) is 3.67. The van der Waals surface area contributed by atoms with Crippen molar-refractivity contribution >= 4 is 38.7 Å². The monoisotopic (exact) mass is 377 g/mol. The summed E-state index contributed by atoms with van der Waals surface area (Å²) in [5.74, 6) is 0. The Bertz CT molecular complexity index is 886. The molecule has 0 aliphatic rings. The summed E-state index contributed by atoms with van der Waals surface area (Å²) in [5, 5.41) is 6.58. The average Bonchev–Trinajstić information content (AvgIpc) is 2.47. The van der Waals surface area contributed by atoms with Crippen LogP contribution in [0, 0.1) is 20.8 Å². The summed E-state index contributed by atoms with van der Waals surface area (Å²) in [5.41, 5.74) is 4.48. The number of anilines is 2. The molecule has 2 aromatic carbocycles. The zero-order valence-corrected chi connectivity index (χ0v) is 16.7. The number of nitrogens with one attached hydrogen (secondary N) is 2. The number of thiocarbonyl (C=S) groups is 1. The van der Waals surface area contributed by atoms with E-state index in [2.05, 4.69) is 16.7 Å². The van der Waals surface area contributed by atoms with Crippen molar-refractivity contribution in [2.24, 2.45) is 0 Å². The highest BCUT2D eigenvalue weighted by atomic mass is 32.2. The van der Waals surface area contributed by atoms with E-state index in [-0.39, 0.29) is 4.90 Å². The lowest BCUT2D eigenvalue weighted by atomic mass is 10.1. The number of nitrogens with zero attached hydrogens (tertiary/aromatic N) is 1. The number of sulfonamides is 1. The molecule has 0 amide bonds. The van der Waals surface area contributed by atoms with Gasteiger partial charge >= 0.3 is 0 Å². The maximum absolute atomic E-state index is 12.4. The Morgan fingerprint density at radius 3 is 2.04 bits per heavy atom. The van der Waals surface area contributed by atoms with Gasteiger partial charge in [-0.15, -0.1) is 0 Å². The third-order valence-corrected chi connectivity index (χ3v) is 5.85. The first-order valence-electron chi connectivity index (χ1n) is 7.79. The van der Waals surface area contributed by atoms with Gasteiger partial charge in [-0.3, -0.25) is 0 Å². The molecule has 5 nitrogen and oxygen atoms in total. The van der Waals surface area contributed by atoms with Gasteiger partial charge in [-0.25, -0.2) is 12.7 Å². The van der Waals surface area contributed by atoms with Crippen LogP contribution in [0.3, 0.4) is 0 Å². The molecule has 0 aliphatic heterocycles. The summed E-state index contributed by atoms with van der Waals surface area (Å²) in [6.07, 6.45) is 0. The number of benzene rings is 2. The second kappa shape index (κ2) is 7.51. The Morgan fingerprint density at radius 1 is 0.920 bits per heavy atom. The van der Waals surface area contributed by atoms with Gasteiger partial charge in [0.05, 0.1) is 4.90 Å². The van der Waals surface area contributed by atoms with Gasteiger partial charge in [0.1, 0.15) is 0 Å². The van der Waals surface area contributed by atoms with Crippen molar-refractivity contribution in [3.8, 4) is 0 Å². The molecule has 0 atom stereocenters. The molecule has 0 heterocycles. The van der Waals surface area contributed by atoms with E-state index >= 15 is 0 Å². The van der Waals surface area contributed by atoms with E-state index in [4.69, 9.17) is 12.2 Å². The molecule has 0 bridgehead atoms. The van der Waals surface area contributed by atoms with Gasteiger partial charge in [0.15, 0.2) is 5.11 Å². The first-order valence-corrected chi connectivity index (χ1v) is 9.64. The number of aryl methyl sites for hydroxylation is 3. The van der Waals surface area contributed by atoms with E-state index in [0.29, 0.717) is 16.4 Å². The number of hydrogen-bond donors (Lipinski definition) is 2. The molecule has 0 fully saturated rings. The second-order valence-electron chi connectivity index (χ2n) is 6.22. The van der Waals surface area contributed by atoms with Crippen molar-refractivity contribution < 1.29 is 8.42 Å². The minimum absolute atomic E-state index is 0.261. The quantitative estimate of drug-likeness (QED) is 0.796. The van der Waals surface area contributed by atoms with Crippen LogP contribution in [0.25, 0.3) is 0 Å². The predicted molar refractivity (Wildman–Crippen MR) is 108 cm³/mol. The molecule has 2 rings (SSSR count). The molecule has 0 aliphatic carbocycles. The molecule has 2 N–H and O–H groups in total. The molecule has 0 spiro atoms. The Labute approximate surface area is 155 Å². The Hall–Kier alpha value is -1.96. The van der Waals surface area contributed by atoms with Gasteiger partial charge in [0.25, 0.3) is 0 Å². The molecule has 7 heteroatoms. The Kier molecular flexibility index (Phi) is 5.82. The van der Waals surface area contributed by atoms with Gasteiger partial charge < -0.3 is 10.6 Å². The van der Waals surface area contributed by atoms with Crippen LogP contribution in [0.5, 0.6) is 0 Å². The van der Waals surface area contributed by atoms with Crippen LogP contribution in [-0.4, -0.2) is 31.9 Å². The summed E-state index contributed by atoms with van der Waals surface area (Å²) in [7, 11) is -0.476. The maximum atomic E-state index is 12.4. The SMILES string of the molecule is Cc1cc(C)cc(NC(=S)Nc2ccc(C)c(S(=O)(=O)N(C)C)c2)c1. The molecule has 0 radical (unpaired) electrons. The molecule has 0 saturated heterocycles. The molecule has 0 aromatic heterocycles. The fraction of sp³-hybridized carbons (Fsp3) is 0.278. The number of rotatable bonds is 4. The van der Waals surface area contributed by atoms with Crippen molar-refractivity contribution in [3.63, 3.8) is 0 Å². The minimum Gasteiger partial charge on any atom is -0.332 e. The van der Waals surface area contributed by atoms with Crippen molar-refractivity contribution in [2.75, 3.05) is 24.7 Å². The van der Waals surface area contributed by atoms with Crippen LogP contribution in [0.15, 0.2) is 41.3 Å². The molecule has 2 aromatic rings. The van der Waals surface area contributed by atoms with Crippen LogP contribution >= 0.6 is 12.2 Å². The van der Waals surface area contributed by atoms with Crippen LogP contribution in [0.2, 0.25) is 0 Å². The fourth-order valence-corrected chi connectivity index (χ4v) is 3.87. The van der Waals surface area contributed by atoms with Crippen LogP contribution in [0.1, 0.15) is 16.7 Å². The molecule has 25 heavy (non-hydrogen) atoms. The van der Waals surface area contributed by atoms with E-state index in [1.54, 1.807) is 25.1 Å². The highest BCUT2D eigenvalue weighted by molar-refractivity contribution is 7.89. The van der Waals surface area contributed by atoms with E-state index in [0.717, 1.165) is 16.8 Å². The molecular weight excluding hydrogens is 354 g/mol. The van der Waals surface area contributed by atoms with Crippen molar-refractivity contribution in [3.05, 3.63) is 53.1 Å². The summed E-state index contributed by atoms with van der Waals surface area (Å²) in [4.78, 5) is 0.261. The smallest absolute Gasteiger partial charge is 0.242 e. The molecule has 134 valence electrons. The van der Waals surface area contributed by atoms with Gasteiger partial charge in [-0.2, -0.15) is 0 Å². The first-order chi connectivity index (χ1) is 11.6. The van der Waals surface area contributed by atoms with Crippen LogP contribution in [-0.2, 0) is 10.0 Å². The lowest BCUT2D eigenvalue weighted by Crippen LogP contribution is -2.24. The van der Waals surface area contributed by atoms with E-state index in [1.165, 1.54) is 18.4 Å². The van der Waals surface area contributed by atoms with E-state index in [1.807, 2.05) is 26.0 Å². The highest BCUT2D eigenvalue weighted by Gasteiger charge is 2.20. The summed E-state index contributed by atoms with van der Waals surface area (Å²) in [6.45, 7) is 5.81. The van der Waals surface area contributed by atoms with Gasteiger partial charge in [0, 0.05) is 25.5 Å². The lowest BCUT2D eigenvalue weighted by Gasteiger charge is -2.16. The van der Waals surface area contributed by atoms with E-state index in [9.17, 15) is 8.42 Å². The molecular formula is C18H23N3O2S2. The Balaban J connectivity index is 2.21. The van der Waals surface area contributed by atoms with Gasteiger partial charge in [-0.1, -0.05) is 12.1 Å². The zero-order chi connectivity index (χ0) is 18.8. The van der Waals surface area contributed by atoms with Crippen molar-refractivity contribution in [2.45, 2.75) is 25.7 Å². The number of hydrogen-bond acceptors (Lipinski definition) is 3. The van der Waals surface area contributed by atoms with Crippen molar-refractivity contribution in [1.82, 2.24) is 4.31 Å². The third kappa shape index (κ3) is 4.78. The van der Waals surface area contributed by atoms with Crippen LogP contribution in [0.4, 0.5) is 11.4 Å². The van der Waals surface area contributed by atoms with Crippen LogP contribution < -0.4 is 10.6 Å². The maximum Gasteiger partial charge on any atom is 0.242 e. The summed E-state index contributed by atoms with van der Waals surface area (Å²) in [6, 6.07) is 11.2. The Morgan fingerprint density at radius 2 is 1.48 bits per heavy atom. The minimum atomic E-state index is -3.51. The zero-order valence-electron chi connectivity index (χ0n) is 15.0. The third-order valence-electron chi connectivity index (χ3n) is 3.68. The van der Waals surface area contributed by atoms with Crippen molar-refractivity contribution in [1.29, 1.82) is 0 Å². The van der Waals surface area contributed by atoms with E-state index < -0.39 is 10.0 Å². The molecule has 0 unspecified atom stereocenters. The van der Waals surface area contributed by atoms with Gasteiger partial charge in [-0.05, 0) is 73.9 Å². The van der Waals surface area contributed by atoms with Gasteiger partial charge in [0.2, 0.25) is 10.0 Å². The fourth-order valence-electron chi connectivity index (χ4n) is 2.49. The highest BCUT2D eigenvalue weighted by Crippen LogP contribution is 2.23. The summed E-state index contributed by atoms with van der Waals surface area (Å²) < 4.78 is 26.0. The largest absolute Gasteiger partial charge is 0.332 e. The first kappa shape index (κ1) is 19.4. The standard InChI is InChI=1S/C18H23N3O2S2/c1-12-8-13(2)10-16(9-12)20-18(24)19-15-7-6-14(3)17(11-15)25(22,23)21(4)5/h6-11H,1-5H3,(H2,19,20,24). The lowest BCUT2D eigenvalue weighted by molar-refractivity contribution is 0.520. The average molecular weight is 378 g/mol.